The van der Waals surface area contributed by atoms with Gasteiger partial charge in [0, 0.05) is 12.6 Å². The second kappa shape index (κ2) is 10.9. The molecule has 3 rings (SSSR count). The Morgan fingerprint density at radius 2 is 1.88 bits per heavy atom. The Balaban J connectivity index is 1.53. The first-order valence-electron chi connectivity index (χ1n) is 10.3. The number of methoxy groups -OCH3 is 2. The molecule has 0 unspecified atom stereocenters. The van der Waals surface area contributed by atoms with Crippen LogP contribution in [-0.2, 0) is 11.2 Å². The van der Waals surface area contributed by atoms with Crippen molar-refractivity contribution in [2.45, 2.75) is 31.3 Å². The van der Waals surface area contributed by atoms with Crippen LogP contribution >= 0.6 is 11.8 Å². The molecule has 0 bridgehead atoms. The van der Waals surface area contributed by atoms with Gasteiger partial charge in [-0.3, -0.25) is 4.79 Å². The summed E-state index contributed by atoms with van der Waals surface area (Å²) >= 11 is 1.23. The molecule has 170 valence electrons. The molecule has 1 aromatic heterocycles. The van der Waals surface area contributed by atoms with Crippen LogP contribution in [0.1, 0.15) is 30.9 Å². The molecular formula is C23H29N5O3S. The molecule has 8 nitrogen and oxygen atoms in total. The largest absolute Gasteiger partial charge is 0.497 e. The molecular weight excluding hydrogens is 426 g/mol. The zero-order chi connectivity index (χ0) is 23.1. The van der Waals surface area contributed by atoms with Gasteiger partial charge in [0.05, 0.1) is 25.5 Å². The van der Waals surface area contributed by atoms with Gasteiger partial charge in [-0.05, 0) is 35.6 Å². The van der Waals surface area contributed by atoms with E-state index in [0.29, 0.717) is 40.5 Å². The Bertz CT molecular complexity index is 1050. The van der Waals surface area contributed by atoms with E-state index in [2.05, 4.69) is 53.6 Å². The molecule has 1 amide bonds. The van der Waals surface area contributed by atoms with Crippen molar-refractivity contribution >= 4 is 17.7 Å². The van der Waals surface area contributed by atoms with Gasteiger partial charge in [0.15, 0.2) is 5.82 Å². The SMILES string of the molecule is COc1ccc(-c2nnc(SCC(=O)NCCc3ccc(C(C)C)cc3)n2N)c(OC)c1. The van der Waals surface area contributed by atoms with Crippen LogP contribution in [0.5, 0.6) is 11.5 Å². The first-order valence-corrected chi connectivity index (χ1v) is 11.3. The standard InChI is InChI=1S/C23H29N5O3S/c1-15(2)17-7-5-16(6-8-17)11-12-25-21(29)14-32-23-27-26-22(28(23)24)19-10-9-18(30-3)13-20(19)31-4/h5-10,13,15H,11-12,14,24H2,1-4H3,(H,25,29). The summed E-state index contributed by atoms with van der Waals surface area (Å²) in [7, 11) is 3.15. The van der Waals surface area contributed by atoms with Crippen LogP contribution in [0.2, 0.25) is 0 Å². The van der Waals surface area contributed by atoms with Crippen molar-refractivity contribution in [2.24, 2.45) is 0 Å². The van der Waals surface area contributed by atoms with Gasteiger partial charge < -0.3 is 20.6 Å². The number of aromatic nitrogens is 3. The zero-order valence-corrected chi connectivity index (χ0v) is 19.6. The number of benzene rings is 2. The summed E-state index contributed by atoms with van der Waals surface area (Å²) in [5.41, 5.74) is 3.19. The molecule has 0 aliphatic heterocycles. The maximum atomic E-state index is 12.2. The van der Waals surface area contributed by atoms with Crippen LogP contribution in [0.15, 0.2) is 47.6 Å². The topological polar surface area (TPSA) is 104 Å². The van der Waals surface area contributed by atoms with Crippen LogP contribution in [0, 0.1) is 0 Å². The molecule has 0 saturated heterocycles. The van der Waals surface area contributed by atoms with Crippen molar-refractivity contribution in [3.63, 3.8) is 0 Å². The van der Waals surface area contributed by atoms with Gasteiger partial charge >= 0.3 is 0 Å². The van der Waals surface area contributed by atoms with Crippen LogP contribution in [0.4, 0.5) is 0 Å². The van der Waals surface area contributed by atoms with E-state index in [9.17, 15) is 4.79 Å². The van der Waals surface area contributed by atoms with Crippen LogP contribution < -0.4 is 20.6 Å². The van der Waals surface area contributed by atoms with Gasteiger partial charge in [0.2, 0.25) is 11.1 Å². The average molecular weight is 456 g/mol. The summed E-state index contributed by atoms with van der Waals surface area (Å²) in [5.74, 6) is 8.47. The number of carbonyl (C=O) groups is 1. The summed E-state index contributed by atoms with van der Waals surface area (Å²) in [6, 6.07) is 13.9. The van der Waals surface area contributed by atoms with E-state index in [-0.39, 0.29) is 11.7 Å². The quantitative estimate of drug-likeness (QED) is 0.357. The lowest BCUT2D eigenvalue weighted by Crippen LogP contribution is -2.27. The van der Waals surface area contributed by atoms with Crippen LogP contribution in [0.25, 0.3) is 11.4 Å². The smallest absolute Gasteiger partial charge is 0.230 e. The van der Waals surface area contributed by atoms with Crippen molar-refractivity contribution in [1.82, 2.24) is 20.2 Å². The maximum Gasteiger partial charge on any atom is 0.230 e. The number of nitrogens with zero attached hydrogens (tertiary/aromatic N) is 3. The van der Waals surface area contributed by atoms with Crippen molar-refractivity contribution in [3.8, 4) is 22.9 Å². The molecule has 3 aromatic rings. The zero-order valence-electron chi connectivity index (χ0n) is 18.8. The number of ether oxygens (including phenoxy) is 2. The molecule has 0 aliphatic rings. The van der Waals surface area contributed by atoms with Gasteiger partial charge in [0.1, 0.15) is 11.5 Å². The fraction of sp³-hybridized carbons (Fsp3) is 0.348. The van der Waals surface area contributed by atoms with E-state index < -0.39 is 0 Å². The molecule has 2 aromatic carbocycles. The second-order valence-electron chi connectivity index (χ2n) is 7.53. The molecule has 0 spiro atoms. The van der Waals surface area contributed by atoms with Crippen molar-refractivity contribution in [1.29, 1.82) is 0 Å². The normalized spacial score (nSPS) is 10.9. The molecule has 9 heteroatoms. The van der Waals surface area contributed by atoms with E-state index in [4.69, 9.17) is 15.3 Å². The van der Waals surface area contributed by atoms with Gasteiger partial charge in [-0.2, -0.15) is 0 Å². The van der Waals surface area contributed by atoms with E-state index >= 15 is 0 Å². The third kappa shape index (κ3) is 5.73. The van der Waals surface area contributed by atoms with Crippen molar-refractivity contribution < 1.29 is 14.3 Å². The number of amides is 1. The minimum atomic E-state index is -0.0830. The Labute approximate surface area is 192 Å². The van der Waals surface area contributed by atoms with Gasteiger partial charge in [-0.15, -0.1) is 10.2 Å². The Hall–Kier alpha value is -3.20. The third-order valence-electron chi connectivity index (χ3n) is 5.03. The number of thioether (sulfide) groups is 1. The molecule has 0 atom stereocenters. The number of nitrogens with two attached hydrogens (primary N) is 1. The van der Waals surface area contributed by atoms with E-state index in [0.717, 1.165) is 6.42 Å². The molecule has 0 fully saturated rings. The monoisotopic (exact) mass is 455 g/mol. The second-order valence-corrected chi connectivity index (χ2v) is 8.47. The summed E-state index contributed by atoms with van der Waals surface area (Å²) in [5, 5.41) is 11.7. The number of nitrogens with one attached hydrogen (secondary N) is 1. The molecule has 3 N–H and O–H groups in total. The lowest BCUT2D eigenvalue weighted by molar-refractivity contribution is -0.118. The average Bonchev–Trinajstić information content (AvgIpc) is 3.17. The summed E-state index contributed by atoms with van der Waals surface area (Å²) in [6.45, 7) is 4.92. The Morgan fingerprint density at radius 3 is 2.53 bits per heavy atom. The maximum absolute atomic E-state index is 12.2. The van der Waals surface area contributed by atoms with Crippen LogP contribution in [-0.4, -0.2) is 47.3 Å². The fourth-order valence-corrected chi connectivity index (χ4v) is 3.83. The lowest BCUT2D eigenvalue weighted by Gasteiger charge is -2.10. The highest BCUT2D eigenvalue weighted by molar-refractivity contribution is 7.99. The van der Waals surface area contributed by atoms with Gasteiger partial charge in [0.25, 0.3) is 0 Å². The van der Waals surface area contributed by atoms with Crippen molar-refractivity contribution in [2.75, 3.05) is 32.4 Å². The first-order chi connectivity index (χ1) is 15.4. The Morgan fingerprint density at radius 1 is 1.12 bits per heavy atom. The molecule has 0 radical (unpaired) electrons. The van der Waals surface area contributed by atoms with Gasteiger partial charge in [-0.25, -0.2) is 4.68 Å². The van der Waals surface area contributed by atoms with Crippen LogP contribution in [0.3, 0.4) is 0 Å². The molecule has 0 aliphatic carbocycles. The summed E-state index contributed by atoms with van der Waals surface area (Å²) in [4.78, 5) is 12.2. The Kier molecular flexibility index (Phi) is 7.99. The molecule has 32 heavy (non-hydrogen) atoms. The van der Waals surface area contributed by atoms with E-state index in [1.54, 1.807) is 32.4 Å². The first kappa shape index (κ1) is 23.5. The number of hydrogen-bond acceptors (Lipinski definition) is 7. The van der Waals surface area contributed by atoms with E-state index in [1.807, 2.05) is 0 Å². The summed E-state index contributed by atoms with van der Waals surface area (Å²) in [6.07, 6.45) is 0.781. The van der Waals surface area contributed by atoms with Crippen molar-refractivity contribution in [3.05, 3.63) is 53.6 Å². The highest BCUT2D eigenvalue weighted by Crippen LogP contribution is 2.32. The lowest BCUT2D eigenvalue weighted by atomic mass is 10.0. The number of rotatable bonds is 10. The number of nitrogen functional groups attached to an aromatic ring is 1. The molecule has 0 saturated carbocycles. The predicted octanol–water partition coefficient (Wildman–Crippen LogP) is 3.25. The minimum Gasteiger partial charge on any atom is -0.497 e. The number of hydrogen-bond donors (Lipinski definition) is 2. The highest BCUT2D eigenvalue weighted by Gasteiger charge is 2.17. The minimum absolute atomic E-state index is 0.0830. The number of carbonyl (C=O) groups excluding carboxylic acids is 1. The van der Waals surface area contributed by atoms with Gasteiger partial charge in [-0.1, -0.05) is 49.9 Å². The third-order valence-corrected chi connectivity index (χ3v) is 5.97. The summed E-state index contributed by atoms with van der Waals surface area (Å²) < 4.78 is 12.0. The van der Waals surface area contributed by atoms with E-state index in [1.165, 1.54) is 27.6 Å². The highest BCUT2D eigenvalue weighted by atomic mass is 32.2. The predicted molar refractivity (Wildman–Crippen MR) is 127 cm³/mol. The fourth-order valence-electron chi connectivity index (χ4n) is 3.14. The molecule has 1 heterocycles.